The number of hydrogen-bond donors (Lipinski definition) is 1. The van der Waals surface area contributed by atoms with Gasteiger partial charge < -0.3 is 5.32 Å². The summed E-state index contributed by atoms with van der Waals surface area (Å²) in [5.74, 6) is 0. The van der Waals surface area contributed by atoms with Crippen LogP contribution < -0.4 is 5.32 Å². The summed E-state index contributed by atoms with van der Waals surface area (Å²) in [4.78, 5) is 0. The highest BCUT2D eigenvalue weighted by molar-refractivity contribution is 9.10. The van der Waals surface area contributed by atoms with Crippen molar-refractivity contribution in [1.82, 2.24) is 5.32 Å². The van der Waals surface area contributed by atoms with Crippen LogP contribution in [0.15, 0.2) is 28.7 Å². The third-order valence-corrected chi connectivity index (χ3v) is 3.39. The number of benzene rings is 1. The average molecular weight is 284 g/mol. The Labute approximate surface area is 108 Å². The summed E-state index contributed by atoms with van der Waals surface area (Å²) >= 11 is 3.51. The van der Waals surface area contributed by atoms with Gasteiger partial charge in [0, 0.05) is 10.5 Å². The first kappa shape index (κ1) is 13.7. The van der Waals surface area contributed by atoms with Gasteiger partial charge in [-0.3, -0.25) is 0 Å². The Hall–Kier alpha value is -0.340. The van der Waals surface area contributed by atoms with Crippen molar-refractivity contribution in [3.8, 4) is 0 Å². The van der Waals surface area contributed by atoms with E-state index in [9.17, 15) is 0 Å². The van der Waals surface area contributed by atoms with Crippen LogP contribution in [0.2, 0.25) is 0 Å². The zero-order valence-corrected chi connectivity index (χ0v) is 11.9. The van der Waals surface area contributed by atoms with Gasteiger partial charge in [-0.15, -0.1) is 0 Å². The molecule has 2 heteroatoms. The summed E-state index contributed by atoms with van der Waals surface area (Å²) in [5, 5.41) is 3.52. The van der Waals surface area contributed by atoms with E-state index in [0.717, 1.165) is 6.54 Å². The predicted octanol–water partition coefficient (Wildman–Crippen LogP) is 4.16. The van der Waals surface area contributed by atoms with Gasteiger partial charge in [0.05, 0.1) is 0 Å². The van der Waals surface area contributed by atoms with Crippen LogP contribution in [0.5, 0.6) is 0 Å². The molecule has 1 unspecified atom stereocenters. The smallest absolute Gasteiger partial charge is 0.0177 e. The van der Waals surface area contributed by atoms with Gasteiger partial charge in [0.25, 0.3) is 0 Å². The Bertz CT molecular complexity index is 299. The minimum absolute atomic E-state index is 0.692. The van der Waals surface area contributed by atoms with Gasteiger partial charge >= 0.3 is 0 Å². The highest BCUT2D eigenvalue weighted by Crippen LogP contribution is 2.14. The Balaban J connectivity index is 2.29. The second kappa shape index (κ2) is 7.86. The molecule has 1 aromatic rings. The van der Waals surface area contributed by atoms with E-state index in [2.05, 4.69) is 59.4 Å². The molecule has 0 amide bonds. The minimum atomic E-state index is 0.692. The van der Waals surface area contributed by atoms with Gasteiger partial charge in [0.1, 0.15) is 0 Å². The number of halogens is 1. The largest absolute Gasteiger partial charge is 0.314 e. The van der Waals surface area contributed by atoms with Gasteiger partial charge in [-0.05, 0) is 49.9 Å². The monoisotopic (exact) mass is 283 g/mol. The van der Waals surface area contributed by atoms with Gasteiger partial charge in [-0.25, -0.2) is 0 Å². The summed E-state index contributed by atoms with van der Waals surface area (Å²) in [6.45, 7) is 5.51. The van der Waals surface area contributed by atoms with Gasteiger partial charge in [-0.1, -0.05) is 41.9 Å². The Morgan fingerprint density at radius 1 is 1.31 bits per heavy atom. The van der Waals surface area contributed by atoms with Gasteiger partial charge in [-0.2, -0.15) is 0 Å². The molecule has 0 aliphatic rings. The summed E-state index contributed by atoms with van der Waals surface area (Å²) in [6, 6.07) is 9.31. The molecule has 0 aromatic heterocycles. The van der Waals surface area contributed by atoms with Crippen molar-refractivity contribution < 1.29 is 0 Å². The topological polar surface area (TPSA) is 12.0 Å². The van der Waals surface area contributed by atoms with Crippen molar-refractivity contribution in [2.75, 3.05) is 6.54 Å². The molecule has 1 aromatic carbocycles. The highest BCUT2D eigenvalue weighted by Gasteiger charge is 2.03. The van der Waals surface area contributed by atoms with Crippen molar-refractivity contribution >= 4 is 15.9 Å². The van der Waals surface area contributed by atoms with Crippen LogP contribution in [0, 0.1) is 0 Å². The fourth-order valence-corrected chi connectivity index (χ4v) is 2.43. The Morgan fingerprint density at radius 3 is 2.75 bits per heavy atom. The molecule has 1 rings (SSSR count). The minimum Gasteiger partial charge on any atom is -0.314 e. The molecule has 0 fully saturated rings. The van der Waals surface area contributed by atoms with E-state index in [-0.39, 0.29) is 0 Å². The van der Waals surface area contributed by atoms with Crippen molar-refractivity contribution in [2.45, 2.75) is 45.6 Å². The lowest BCUT2D eigenvalue weighted by molar-refractivity contribution is 0.467. The van der Waals surface area contributed by atoms with E-state index >= 15 is 0 Å². The van der Waals surface area contributed by atoms with Crippen LogP contribution in [0.25, 0.3) is 0 Å². The lowest BCUT2D eigenvalue weighted by atomic mass is 10.0. The molecule has 0 bridgehead atoms. The molecule has 1 nitrogen and oxygen atoms in total. The molecule has 16 heavy (non-hydrogen) atoms. The van der Waals surface area contributed by atoms with Crippen LogP contribution in [0.4, 0.5) is 0 Å². The maximum absolute atomic E-state index is 3.52. The SMILES string of the molecule is CCNC(CC)CCCc1cccc(Br)c1. The molecule has 0 saturated carbocycles. The molecule has 1 N–H and O–H groups in total. The molecular formula is C14H22BrN. The second-order valence-corrected chi connectivity index (χ2v) is 5.10. The molecule has 90 valence electrons. The summed E-state index contributed by atoms with van der Waals surface area (Å²) in [5.41, 5.74) is 1.43. The molecule has 0 aliphatic heterocycles. The van der Waals surface area contributed by atoms with E-state index < -0.39 is 0 Å². The van der Waals surface area contributed by atoms with E-state index in [1.165, 1.54) is 35.7 Å². The number of rotatable bonds is 7. The van der Waals surface area contributed by atoms with Crippen LogP contribution >= 0.6 is 15.9 Å². The van der Waals surface area contributed by atoms with Gasteiger partial charge in [0.2, 0.25) is 0 Å². The first-order valence-corrected chi connectivity index (χ1v) is 7.03. The zero-order chi connectivity index (χ0) is 11.8. The predicted molar refractivity (Wildman–Crippen MR) is 74.8 cm³/mol. The lowest BCUT2D eigenvalue weighted by Gasteiger charge is -2.15. The van der Waals surface area contributed by atoms with E-state index in [0.29, 0.717) is 6.04 Å². The van der Waals surface area contributed by atoms with Crippen molar-refractivity contribution in [3.05, 3.63) is 34.3 Å². The number of hydrogen-bond acceptors (Lipinski definition) is 1. The van der Waals surface area contributed by atoms with Crippen LogP contribution in [0.3, 0.4) is 0 Å². The first-order valence-electron chi connectivity index (χ1n) is 6.24. The number of aryl methyl sites for hydroxylation is 1. The third kappa shape index (κ3) is 5.13. The summed E-state index contributed by atoms with van der Waals surface area (Å²) < 4.78 is 1.18. The molecule has 0 aliphatic carbocycles. The zero-order valence-electron chi connectivity index (χ0n) is 10.3. The van der Waals surface area contributed by atoms with E-state index in [1.807, 2.05) is 0 Å². The summed E-state index contributed by atoms with van der Waals surface area (Å²) in [6.07, 6.45) is 4.95. The van der Waals surface area contributed by atoms with Crippen LogP contribution in [-0.4, -0.2) is 12.6 Å². The molecular weight excluding hydrogens is 262 g/mol. The average Bonchev–Trinajstić information content (AvgIpc) is 2.28. The van der Waals surface area contributed by atoms with E-state index in [1.54, 1.807) is 0 Å². The van der Waals surface area contributed by atoms with Crippen LogP contribution in [0.1, 0.15) is 38.7 Å². The third-order valence-electron chi connectivity index (χ3n) is 2.89. The standard InChI is InChI=1S/C14H22BrN/c1-3-14(16-4-2)10-6-8-12-7-5-9-13(15)11-12/h5,7,9,11,14,16H,3-4,6,8,10H2,1-2H3. The quantitative estimate of drug-likeness (QED) is 0.792. The summed E-state index contributed by atoms with van der Waals surface area (Å²) in [7, 11) is 0. The van der Waals surface area contributed by atoms with Crippen molar-refractivity contribution in [3.63, 3.8) is 0 Å². The van der Waals surface area contributed by atoms with Crippen molar-refractivity contribution in [1.29, 1.82) is 0 Å². The Morgan fingerprint density at radius 2 is 2.12 bits per heavy atom. The second-order valence-electron chi connectivity index (χ2n) is 4.18. The fourth-order valence-electron chi connectivity index (χ4n) is 1.98. The molecule has 1 atom stereocenters. The van der Waals surface area contributed by atoms with Crippen molar-refractivity contribution in [2.24, 2.45) is 0 Å². The maximum atomic E-state index is 3.52. The first-order chi connectivity index (χ1) is 7.76. The normalized spacial score (nSPS) is 12.7. The fraction of sp³-hybridized carbons (Fsp3) is 0.571. The highest BCUT2D eigenvalue weighted by atomic mass is 79.9. The van der Waals surface area contributed by atoms with Crippen LogP contribution in [-0.2, 0) is 6.42 Å². The number of nitrogens with one attached hydrogen (secondary N) is 1. The molecule has 0 heterocycles. The lowest BCUT2D eigenvalue weighted by Crippen LogP contribution is -2.27. The molecule has 0 spiro atoms. The molecule has 0 saturated heterocycles. The van der Waals surface area contributed by atoms with Gasteiger partial charge in [0.15, 0.2) is 0 Å². The molecule has 0 radical (unpaired) electrons. The maximum Gasteiger partial charge on any atom is 0.0177 e. The van der Waals surface area contributed by atoms with E-state index in [4.69, 9.17) is 0 Å². The Kier molecular flexibility index (Phi) is 6.74.